The van der Waals surface area contributed by atoms with E-state index in [1.54, 1.807) is 24.8 Å². The Balaban J connectivity index is 0.000000167. The van der Waals surface area contributed by atoms with Crippen LogP contribution in [0, 0.1) is 32.5 Å². The number of carbonyl (C=O) groups is 1. The number of H-pyrrole nitrogens is 1. The van der Waals surface area contributed by atoms with Gasteiger partial charge in [-0.25, -0.2) is 4.79 Å². The number of aliphatic hydroxyl groups excluding tert-OH is 1. The molecule has 3 aromatic heterocycles. The predicted molar refractivity (Wildman–Crippen MR) is 372 cm³/mol. The van der Waals surface area contributed by atoms with Crippen LogP contribution in [0.25, 0.3) is 51.2 Å². The Kier molecular flexibility index (Phi) is 26.0. The van der Waals surface area contributed by atoms with Crippen LogP contribution in [0.2, 0.25) is 0 Å². The largest absolute Gasteiger partial charge is 0.507 e. The number of morpholine rings is 3. The molecule has 0 bridgehead atoms. The van der Waals surface area contributed by atoms with Crippen LogP contribution in [0.3, 0.4) is 0 Å². The van der Waals surface area contributed by atoms with E-state index in [2.05, 4.69) is 210 Å². The average molecular weight is 1530 g/mol. The van der Waals surface area contributed by atoms with E-state index in [4.69, 9.17) is 41.4 Å². The number of alkyl halides is 3. The molecule has 3 aliphatic heterocycles. The van der Waals surface area contributed by atoms with Crippen molar-refractivity contribution < 1.29 is 52.6 Å². The minimum absolute atomic E-state index is 0.0349. The van der Waals surface area contributed by atoms with Crippen LogP contribution in [-0.2, 0) is 19.0 Å². The number of carboxylic acids is 1. The first-order valence-corrected chi connectivity index (χ1v) is 34.4. The number of thioether (sulfide) groups is 2. The highest BCUT2D eigenvalue weighted by Crippen LogP contribution is 2.40. The Labute approximate surface area is 575 Å². The molecule has 6 heterocycles. The first-order chi connectivity index (χ1) is 44.6. The highest BCUT2D eigenvalue weighted by molar-refractivity contribution is 9.11. The molecule has 9 aromatic rings. The van der Waals surface area contributed by atoms with Gasteiger partial charge < -0.3 is 49.3 Å². The Morgan fingerprint density at radius 2 is 0.849 bits per heavy atom. The first-order valence-electron chi connectivity index (χ1n) is 29.2. The highest BCUT2D eigenvalue weighted by Gasteiger charge is 2.38. The molecule has 0 atom stereocenters. The molecule has 3 fully saturated rings. The van der Waals surface area contributed by atoms with Crippen molar-refractivity contribution in [2.75, 3.05) is 113 Å². The number of hydrogen-bond donors (Lipinski definition) is 5. The van der Waals surface area contributed by atoms with Crippen molar-refractivity contribution in [2.24, 2.45) is 0 Å². The third-order valence-corrected chi connectivity index (χ3v) is 18.7. The lowest BCUT2D eigenvalue weighted by Crippen LogP contribution is -2.36. The number of nitrogens with one attached hydrogen (secondary N) is 1. The maximum Gasteiger partial charge on any atom is 0.490 e. The molecule has 3 saturated heterocycles. The third-order valence-electron chi connectivity index (χ3n) is 14.8. The van der Waals surface area contributed by atoms with Crippen LogP contribution in [0.5, 0.6) is 11.5 Å². The standard InChI is InChI=1S/C21H23BrN4OS.C20H21BrN4OS.C19H19BrN4O3S.C2HF3O2.C2H6O/c1-14-12-15(2)19(22)13-18(14)20-23-24-21(28-3)26(20)17-6-4-16(5-7-17)25-8-10-27-11-9-25;1-13-11-14(2)18(21)12-17(13)19-22-23-20(27)25(19)16-5-3-15(4-6-16)24-7-9-26-10-8-24;1-28-19-22-21-18(14-10-15(20)17(26)11-16(14)25)24(19)13-4-2-12(3-5-13)23-6-8-27-9-7-23;3-2(4,5)1(6)7;1-2-3/h4-7,12-13H,8-11H2,1-3H3;3-6,11-12H,7-10H2,1-2H3,(H,23,27);2-5,10-11,25-26H,6-9H2,1H3;(H,6,7);3H,2H2,1H3. The minimum atomic E-state index is -5.08. The number of aromatic nitrogens is 9. The van der Waals surface area contributed by atoms with E-state index in [0.29, 0.717) is 25.8 Å². The minimum Gasteiger partial charge on any atom is -0.507 e. The Bertz CT molecular complexity index is 3870. The fraction of sp³-hybridized carbons (Fsp3) is 0.328. The Morgan fingerprint density at radius 3 is 1.20 bits per heavy atom. The molecule has 5 N–H and O–H groups in total. The van der Waals surface area contributed by atoms with Gasteiger partial charge in [-0.15, -0.1) is 20.4 Å². The summed E-state index contributed by atoms with van der Waals surface area (Å²) >= 11 is 19.2. The molecular formula is C64H70Br3F3N12O8S3. The van der Waals surface area contributed by atoms with Gasteiger partial charge in [-0.05, 0) is 189 Å². The number of halogens is 6. The Hall–Kier alpha value is -6.80. The van der Waals surface area contributed by atoms with Gasteiger partial charge in [0.25, 0.3) is 0 Å². The third kappa shape index (κ3) is 18.2. The molecule has 12 rings (SSSR count). The van der Waals surface area contributed by atoms with Gasteiger partial charge in [0, 0.05) is 100 Å². The summed E-state index contributed by atoms with van der Waals surface area (Å²) in [5.74, 6) is -0.674. The van der Waals surface area contributed by atoms with E-state index in [-0.39, 0.29) is 18.1 Å². The molecule has 93 heavy (non-hydrogen) atoms. The number of aromatic amines is 1. The number of phenolic OH excluding ortho intramolecular Hbond substituents is 2. The number of ether oxygens (including phenoxy) is 3. The van der Waals surface area contributed by atoms with Crippen LogP contribution < -0.4 is 14.7 Å². The van der Waals surface area contributed by atoms with Crippen molar-refractivity contribution in [2.45, 2.75) is 51.1 Å². The molecule has 0 radical (unpaired) electrons. The van der Waals surface area contributed by atoms with Gasteiger partial charge in [-0.3, -0.25) is 18.8 Å². The number of anilines is 3. The maximum atomic E-state index is 10.6. The maximum absolute atomic E-state index is 10.6. The van der Waals surface area contributed by atoms with Crippen LogP contribution in [0.4, 0.5) is 30.2 Å². The number of aliphatic carboxylic acids is 1. The normalized spacial score (nSPS) is 14.0. The van der Waals surface area contributed by atoms with Gasteiger partial charge in [0.1, 0.15) is 11.5 Å². The van der Waals surface area contributed by atoms with Crippen molar-refractivity contribution in [3.05, 3.63) is 150 Å². The average Bonchev–Trinajstić information content (AvgIpc) is 1.72. The SMILES string of the molecule is CCO.CSc1nnc(-c2cc(Br)c(C)cc2C)n1-c1ccc(N2CCOCC2)cc1.CSc1nnc(-c2cc(Br)c(O)cc2O)n1-c1ccc(N2CCOCC2)cc1.Cc1cc(C)c(-c2n[nH]c(=S)n2-c2ccc(N3CCOCC3)cc2)cc1Br.O=C(O)C(F)(F)F. The molecule has 0 amide bonds. The van der Waals surface area contributed by atoms with Crippen molar-refractivity contribution in [1.82, 2.24) is 44.3 Å². The van der Waals surface area contributed by atoms with Crippen LogP contribution in [0.1, 0.15) is 29.2 Å². The molecule has 0 spiro atoms. The van der Waals surface area contributed by atoms with E-state index in [0.717, 1.165) is 144 Å². The summed E-state index contributed by atoms with van der Waals surface area (Å²) in [5, 5.41) is 61.4. The van der Waals surface area contributed by atoms with Gasteiger partial charge >= 0.3 is 12.1 Å². The highest BCUT2D eigenvalue weighted by atomic mass is 79.9. The molecule has 0 unspecified atom stereocenters. The topological polar surface area (TPSA) is 230 Å². The zero-order valence-electron chi connectivity index (χ0n) is 51.9. The summed E-state index contributed by atoms with van der Waals surface area (Å²) in [5.41, 5.74) is 13.9. The second-order valence-electron chi connectivity index (χ2n) is 21.0. The number of aromatic hydroxyl groups is 2. The zero-order valence-corrected chi connectivity index (χ0v) is 59.1. The van der Waals surface area contributed by atoms with Gasteiger partial charge in [0.15, 0.2) is 32.6 Å². The van der Waals surface area contributed by atoms with Crippen molar-refractivity contribution in [3.8, 4) is 62.7 Å². The summed E-state index contributed by atoms with van der Waals surface area (Å²) in [7, 11) is 0. The fourth-order valence-electron chi connectivity index (χ4n) is 10.1. The van der Waals surface area contributed by atoms with Crippen molar-refractivity contribution >= 4 is 107 Å². The quantitative estimate of drug-likeness (QED) is 0.0599. The number of aryl methyl sites for hydroxylation is 4. The van der Waals surface area contributed by atoms with Gasteiger partial charge in [-0.2, -0.15) is 18.3 Å². The van der Waals surface area contributed by atoms with Crippen molar-refractivity contribution in [1.29, 1.82) is 0 Å². The van der Waals surface area contributed by atoms with E-state index >= 15 is 0 Å². The number of hydrogen-bond acceptors (Lipinski definition) is 18. The second-order valence-corrected chi connectivity index (χ2v) is 25.5. The summed E-state index contributed by atoms with van der Waals surface area (Å²) in [6.45, 7) is 20.4. The molecule has 3 aliphatic rings. The summed E-state index contributed by atoms with van der Waals surface area (Å²) in [6, 6.07) is 36.8. The molecular weight excluding hydrogens is 1460 g/mol. The summed E-state index contributed by atoms with van der Waals surface area (Å²) in [4.78, 5) is 15.9. The zero-order chi connectivity index (χ0) is 67.1. The van der Waals surface area contributed by atoms with Crippen LogP contribution in [-0.4, -0.2) is 175 Å². The number of benzene rings is 6. The van der Waals surface area contributed by atoms with E-state index in [1.807, 2.05) is 33.8 Å². The molecule has 494 valence electrons. The molecule has 0 aliphatic carbocycles. The fourth-order valence-corrected chi connectivity index (χ4v) is 12.4. The smallest absolute Gasteiger partial charge is 0.490 e. The monoisotopic (exact) mass is 1520 g/mol. The lowest BCUT2D eigenvalue weighted by atomic mass is 10.1. The number of carboxylic acid groups (broad SMARTS) is 1. The molecule has 6 aromatic carbocycles. The lowest BCUT2D eigenvalue weighted by molar-refractivity contribution is -0.192. The van der Waals surface area contributed by atoms with Gasteiger partial charge in [-0.1, -0.05) is 67.5 Å². The van der Waals surface area contributed by atoms with Crippen molar-refractivity contribution in [3.63, 3.8) is 0 Å². The summed E-state index contributed by atoms with van der Waals surface area (Å²) < 4.78 is 57.3. The van der Waals surface area contributed by atoms with E-state index < -0.39 is 12.1 Å². The number of phenols is 2. The molecule has 29 heteroatoms. The Morgan fingerprint density at radius 1 is 0.527 bits per heavy atom. The number of rotatable bonds is 11. The van der Waals surface area contributed by atoms with E-state index in [9.17, 15) is 23.4 Å². The predicted octanol–water partition coefficient (Wildman–Crippen LogP) is 14.0. The van der Waals surface area contributed by atoms with Crippen LogP contribution in [0.15, 0.2) is 133 Å². The second kappa shape index (κ2) is 33.5. The van der Waals surface area contributed by atoms with Crippen LogP contribution >= 0.6 is 83.5 Å². The number of aliphatic hydroxyl groups is 1. The summed E-state index contributed by atoms with van der Waals surface area (Å²) in [6.07, 6.45) is -1.12. The van der Waals surface area contributed by atoms with Gasteiger partial charge in [0.05, 0.1) is 55.4 Å². The molecule has 0 saturated carbocycles. The number of nitrogens with zero attached hydrogens (tertiary/aromatic N) is 11. The first kappa shape index (κ1) is 72.0. The molecule has 20 nitrogen and oxygen atoms in total. The van der Waals surface area contributed by atoms with E-state index in [1.165, 1.54) is 45.9 Å². The lowest BCUT2D eigenvalue weighted by Gasteiger charge is -2.29. The van der Waals surface area contributed by atoms with Gasteiger partial charge in [0.2, 0.25) is 0 Å².